The van der Waals surface area contributed by atoms with E-state index in [1.165, 1.54) is 10.6 Å². The van der Waals surface area contributed by atoms with Crippen LogP contribution in [-0.2, 0) is 13.0 Å². The highest BCUT2D eigenvalue weighted by Gasteiger charge is 2.11. The number of nitrogens with one attached hydrogen (secondary N) is 2. The van der Waals surface area contributed by atoms with Crippen molar-refractivity contribution in [3.05, 3.63) is 45.9 Å². The lowest BCUT2D eigenvalue weighted by Gasteiger charge is -2.12. The number of hydrogen-bond donors (Lipinski definition) is 2. The van der Waals surface area contributed by atoms with Crippen LogP contribution in [0.2, 0.25) is 0 Å². The number of H-pyrrole nitrogens is 1. The third-order valence-corrected chi connectivity index (χ3v) is 3.82. The van der Waals surface area contributed by atoms with Crippen molar-refractivity contribution in [3.8, 4) is 11.5 Å². The first-order valence-corrected chi connectivity index (χ1v) is 8.08. The van der Waals surface area contributed by atoms with Crippen LogP contribution in [0.4, 0.5) is 5.95 Å². The lowest BCUT2D eigenvalue weighted by molar-refractivity contribution is 0.352. The average Bonchev–Trinajstić information content (AvgIpc) is 3.03. The molecule has 2 heterocycles. The normalized spacial score (nSPS) is 10.8. The van der Waals surface area contributed by atoms with Crippen molar-refractivity contribution >= 4 is 11.7 Å². The van der Waals surface area contributed by atoms with Crippen molar-refractivity contribution < 1.29 is 9.47 Å². The molecule has 2 aromatic heterocycles. The van der Waals surface area contributed by atoms with Crippen molar-refractivity contribution in [2.75, 3.05) is 19.5 Å². The van der Waals surface area contributed by atoms with E-state index >= 15 is 0 Å². The van der Waals surface area contributed by atoms with E-state index in [1.54, 1.807) is 14.2 Å². The second-order valence-electron chi connectivity index (χ2n) is 5.55. The summed E-state index contributed by atoms with van der Waals surface area (Å²) in [6.45, 7) is 2.50. The number of anilines is 1. The van der Waals surface area contributed by atoms with Gasteiger partial charge in [-0.2, -0.15) is 9.50 Å². The number of hydrogen-bond acceptors (Lipinski definition) is 6. The Balaban J connectivity index is 1.85. The van der Waals surface area contributed by atoms with E-state index in [-0.39, 0.29) is 5.56 Å². The summed E-state index contributed by atoms with van der Waals surface area (Å²) >= 11 is 0. The van der Waals surface area contributed by atoms with Crippen molar-refractivity contribution in [3.63, 3.8) is 0 Å². The molecule has 1 aromatic carbocycles. The summed E-state index contributed by atoms with van der Waals surface area (Å²) in [7, 11) is 3.20. The summed E-state index contributed by atoms with van der Waals surface area (Å²) in [5.74, 6) is 2.14. The number of aromatic nitrogens is 4. The summed E-state index contributed by atoms with van der Waals surface area (Å²) in [6, 6.07) is 7.19. The van der Waals surface area contributed by atoms with Crippen LogP contribution in [0.3, 0.4) is 0 Å². The Kier molecular flexibility index (Phi) is 4.87. The molecule has 8 heteroatoms. The van der Waals surface area contributed by atoms with Crippen LogP contribution in [0.5, 0.6) is 11.5 Å². The molecule has 0 radical (unpaired) electrons. The molecule has 25 heavy (non-hydrogen) atoms. The smallest absolute Gasteiger partial charge is 0.274 e. The Hall–Kier alpha value is -3.03. The zero-order valence-corrected chi connectivity index (χ0v) is 14.5. The molecule has 0 unspecified atom stereocenters. The van der Waals surface area contributed by atoms with E-state index in [1.807, 2.05) is 25.1 Å². The first-order chi connectivity index (χ1) is 12.2. The van der Waals surface area contributed by atoms with Gasteiger partial charge in [0.1, 0.15) is 0 Å². The third-order valence-electron chi connectivity index (χ3n) is 3.82. The van der Waals surface area contributed by atoms with E-state index < -0.39 is 0 Å². The van der Waals surface area contributed by atoms with Crippen LogP contribution in [0, 0.1) is 0 Å². The predicted octanol–water partition coefficient (Wildman–Crippen LogP) is 2.00. The number of benzene rings is 1. The Morgan fingerprint density at radius 2 is 2.08 bits per heavy atom. The number of aromatic amines is 1. The van der Waals surface area contributed by atoms with Gasteiger partial charge < -0.3 is 14.8 Å². The van der Waals surface area contributed by atoms with E-state index in [9.17, 15) is 4.79 Å². The second kappa shape index (κ2) is 7.25. The monoisotopic (exact) mass is 343 g/mol. The van der Waals surface area contributed by atoms with Crippen LogP contribution in [0.1, 0.15) is 24.6 Å². The minimum absolute atomic E-state index is 0.173. The number of rotatable bonds is 7. The summed E-state index contributed by atoms with van der Waals surface area (Å²) in [5, 5.41) is 6.07. The van der Waals surface area contributed by atoms with Gasteiger partial charge in [-0.3, -0.25) is 9.89 Å². The summed E-state index contributed by atoms with van der Waals surface area (Å²) in [4.78, 5) is 20.9. The third kappa shape index (κ3) is 3.42. The molecule has 3 rings (SSSR count). The lowest BCUT2D eigenvalue weighted by Crippen LogP contribution is -2.15. The van der Waals surface area contributed by atoms with Crippen molar-refractivity contribution in [1.29, 1.82) is 0 Å². The van der Waals surface area contributed by atoms with E-state index in [0.29, 0.717) is 29.8 Å². The fourth-order valence-corrected chi connectivity index (χ4v) is 2.66. The molecule has 0 aliphatic rings. The highest BCUT2D eigenvalue weighted by Crippen LogP contribution is 2.30. The first kappa shape index (κ1) is 16.8. The fourth-order valence-electron chi connectivity index (χ4n) is 2.66. The van der Waals surface area contributed by atoms with E-state index in [2.05, 4.69) is 20.4 Å². The molecule has 0 bridgehead atoms. The van der Waals surface area contributed by atoms with Crippen molar-refractivity contribution in [2.24, 2.45) is 0 Å². The number of fused-ring (bicyclic) bond motifs is 1. The van der Waals surface area contributed by atoms with Gasteiger partial charge in [0.25, 0.3) is 11.3 Å². The predicted molar refractivity (Wildman–Crippen MR) is 94.5 cm³/mol. The number of ether oxygens (including phenoxy) is 2. The molecule has 8 nitrogen and oxygen atoms in total. The SMILES string of the molecule is CCCc1cc(=O)n2[nH]c(NCc3cccc(OC)c3OC)nc2n1. The van der Waals surface area contributed by atoms with E-state index in [4.69, 9.17) is 9.47 Å². The molecule has 0 atom stereocenters. The Bertz CT molecular complexity index is 932. The first-order valence-electron chi connectivity index (χ1n) is 8.08. The molecule has 0 fully saturated rings. The standard InChI is InChI=1S/C17H21N5O3/c1-4-6-12-9-14(23)22-17(19-12)20-16(21-22)18-10-11-7-5-8-13(24-2)15(11)25-3/h5,7-9H,4,6,10H2,1-3H3,(H2,18,19,20,21). The van der Waals surface area contributed by atoms with Crippen LogP contribution in [-0.4, -0.2) is 33.8 Å². The lowest BCUT2D eigenvalue weighted by atomic mass is 10.2. The highest BCUT2D eigenvalue weighted by atomic mass is 16.5. The summed E-state index contributed by atoms with van der Waals surface area (Å²) in [5.41, 5.74) is 1.49. The van der Waals surface area contributed by atoms with Gasteiger partial charge >= 0.3 is 0 Å². The van der Waals surface area contributed by atoms with Gasteiger partial charge in [-0.15, -0.1) is 0 Å². The highest BCUT2D eigenvalue weighted by molar-refractivity contribution is 5.48. The quantitative estimate of drug-likeness (QED) is 0.681. The fraction of sp³-hybridized carbons (Fsp3) is 0.353. The minimum atomic E-state index is -0.173. The maximum absolute atomic E-state index is 12.1. The number of para-hydroxylation sites is 1. The molecule has 2 N–H and O–H groups in total. The number of methoxy groups -OCH3 is 2. The van der Waals surface area contributed by atoms with Crippen LogP contribution in [0.15, 0.2) is 29.1 Å². The zero-order chi connectivity index (χ0) is 17.8. The molecule has 0 aliphatic carbocycles. The van der Waals surface area contributed by atoms with Crippen LogP contribution < -0.4 is 20.3 Å². The second-order valence-corrected chi connectivity index (χ2v) is 5.55. The van der Waals surface area contributed by atoms with Gasteiger partial charge in [0.15, 0.2) is 11.5 Å². The topological polar surface area (TPSA) is 93.5 Å². The van der Waals surface area contributed by atoms with Gasteiger partial charge in [0, 0.05) is 18.2 Å². The van der Waals surface area contributed by atoms with Crippen LogP contribution in [0.25, 0.3) is 5.78 Å². The van der Waals surface area contributed by atoms with Crippen molar-refractivity contribution in [2.45, 2.75) is 26.3 Å². The van der Waals surface area contributed by atoms with Gasteiger partial charge in [-0.25, -0.2) is 4.98 Å². The Morgan fingerprint density at radius 1 is 1.24 bits per heavy atom. The zero-order valence-electron chi connectivity index (χ0n) is 14.5. The number of aryl methyl sites for hydroxylation is 1. The van der Waals surface area contributed by atoms with Crippen molar-refractivity contribution in [1.82, 2.24) is 19.6 Å². The van der Waals surface area contributed by atoms with Gasteiger partial charge in [0.05, 0.1) is 19.9 Å². The van der Waals surface area contributed by atoms with Crippen LogP contribution >= 0.6 is 0 Å². The van der Waals surface area contributed by atoms with Gasteiger partial charge in [-0.05, 0) is 12.5 Å². The average molecular weight is 343 g/mol. The maximum atomic E-state index is 12.1. The number of nitrogens with zero attached hydrogens (tertiary/aromatic N) is 3. The molecule has 0 saturated heterocycles. The Labute approximate surface area is 144 Å². The van der Waals surface area contributed by atoms with E-state index in [0.717, 1.165) is 24.1 Å². The Morgan fingerprint density at radius 3 is 2.80 bits per heavy atom. The molecular weight excluding hydrogens is 322 g/mol. The molecule has 132 valence electrons. The summed E-state index contributed by atoms with van der Waals surface area (Å²) in [6.07, 6.45) is 1.68. The molecular formula is C17H21N5O3. The van der Waals surface area contributed by atoms with Gasteiger partial charge in [-0.1, -0.05) is 25.5 Å². The minimum Gasteiger partial charge on any atom is -0.493 e. The van der Waals surface area contributed by atoms with Gasteiger partial charge in [0.2, 0.25) is 5.95 Å². The molecule has 3 aromatic rings. The maximum Gasteiger partial charge on any atom is 0.274 e. The molecule has 0 amide bonds. The molecule has 0 spiro atoms. The largest absolute Gasteiger partial charge is 0.493 e. The molecule has 0 aliphatic heterocycles. The summed E-state index contributed by atoms with van der Waals surface area (Å²) < 4.78 is 12.0. The molecule has 0 saturated carbocycles.